The molecule has 0 fully saturated rings. The molecular weight excluding hydrogens is 441 g/mol. The van der Waals surface area contributed by atoms with Crippen LogP contribution >= 0.6 is 34.8 Å². The minimum absolute atomic E-state index is 0.0860. The van der Waals surface area contributed by atoms with Crippen LogP contribution in [0.1, 0.15) is 16.2 Å². The molecular formula is C19H14Cl3N3O4. The first-order chi connectivity index (χ1) is 13.8. The lowest BCUT2D eigenvalue weighted by molar-refractivity contribution is -0.115. The summed E-state index contributed by atoms with van der Waals surface area (Å²) in [6, 6.07) is 9.18. The second kappa shape index (κ2) is 9.28. The lowest BCUT2D eigenvalue weighted by atomic mass is 10.2. The number of nitrogens with one attached hydrogen (secondary N) is 2. The molecule has 0 aliphatic carbocycles. The molecule has 3 N–H and O–H groups in total. The summed E-state index contributed by atoms with van der Waals surface area (Å²) in [7, 11) is 0. The van der Waals surface area contributed by atoms with Gasteiger partial charge in [0.25, 0.3) is 0 Å². The van der Waals surface area contributed by atoms with Crippen molar-refractivity contribution in [1.82, 2.24) is 10.3 Å². The van der Waals surface area contributed by atoms with Gasteiger partial charge in [0, 0.05) is 15.6 Å². The van der Waals surface area contributed by atoms with Gasteiger partial charge in [0.1, 0.15) is 0 Å². The van der Waals surface area contributed by atoms with Crippen LogP contribution < -0.4 is 10.6 Å². The van der Waals surface area contributed by atoms with Gasteiger partial charge in [-0.15, -0.1) is 0 Å². The Morgan fingerprint density at radius 1 is 1.07 bits per heavy atom. The molecule has 1 amide bonds. The van der Waals surface area contributed by atoms with Crippen molar-refractivity contribution in [2.24, 2.45) is 0 Å². The highest BCUT2D eigenvalue weighted by molar-refractivity contribution is 6.35. The van der Waals surface area contributed by atoms with Gasteiger partial charge >= 0.3 is 5.97 Å². The van der Waals surface area contributed by atoms with Crippen molar-refractivity contribution >= 4 is 52.4 Å². The van der Waals surface area contributed by atoms with Crippen LogP contribution in [-0.2, 0) is 11.3 Å². The Morgan fingerprint density at radius 3 is 2.55 bits per heavy atom. The van der Waals surface area contributed by atoms with E-state index in [1.54, 1.807) is 18.2 Å². The van der Waals surface area contributed by atoms with E-state index in [0.29, 0.717) is 27.3 Å². The van der Waals surface area contributed by atoms with Crippen LogP contribution in [-0.4, -0.2) is 28.5 Å². The minimum Gasteiger partial charge on any atom is -0.478 e. The standard InChI is InChI=1S/C19H14Cl3N3O4/c20-10-1-3-14(22)12(5-10)16-7-24-18(29-16)9-23-8-17(26)25-15-4-2-11(21)6-13(15)19(27)28/h1-7,23H,8-9H2,(H,25,26)(H,27,28). The van der Waals surface area contributed by atoms with Gasteiger partial charge in [0.05, 0.1) is 35.6 Å². The molecule has 29 heavy (non-hydrogen) atoms. The zero-order valence-electron chi connectivity index (χ0n) is 14.7. The predicted octanol–water partition coefficient (Wildman–Crippen LogP) is 4.73. The maximum absolute atomic E-state index is 12.1. The molecule has 0 bridgehead atoms. The molecule has 0 aliphatic heterocycles. The summed E-state index contributed by atoms with van der Waals surface area (Å²) in [5.74, 6) is -0.824. The maximum atomic E-state index is 12.1. The van der Waals surface area contributed by atoms with Gasteiger partial charge in [-0.3, -0.25) is 10.1 Å². The van der Waals surface area contributed by atoms with E-state index in [1.807, 2.05) is 0 Å². The van der Waals surface area contributed by atoms with Crippen LogP contribution in [0.2, 0.25) is 15.1 Å². The van der Waals surface area contributed by atoms with E-state index in [-0.39, 0.29) is 29.4 Å². The van der Waals surface area contributed by atoms with Crippen molar-refractivity contribution in [2.45, 2.75) is 6.54 Å². The number of aromatic nitrogens is 1. The minimum atomic E-state index is -1.19. The third-order valence-corrected chi connectivity index (χ3v) is 4.60. The summed E-state index contributed by atoms with van der Waals surface area (Å²) in [5.41, 5.74) is 0.670. The third kappa shape index (κ3) is 5.48. The normalized spacial score (nSPS) is 10.7. The number of rotatable bonds is 7. The van der Waals surface area contributed by atoms with Crippen molar-refractivity contribution < 1.29 is 19.1 Å². The predicted molar refractivity (Wildman–Crippen MR) is 111 cm³/mol. The van der Waals surface area contributed by atoms with Gasteiger partial charge in [-0.25, -0.2) is 9.78 Å². The average molecular weight is 455 g/mol. The SMILES string of the molecule is O=C(CNCc1ncc(-c2cc(Cl)ccc2Cl)o1)Nc1ccc(Cl)cc1C(=O)O. The van der Waals surface area contributed by atoms with E-state index in [4.69, 9.17) is 39.2 Å². The number of carboxylic acids is 1. The Kier molecular flexibility index (Phi) is 6.76. The van der Waals surface area contributed by atoms with E-state index in [1.165, 1.54) is 24.4 Å². The molecule has 0 spiro atoms. The summed E-state index contributed by atoms with van der Waals surface area (Å²) in [5, 5.41) is 15.8. The number of carbonyl (C=O) groups is 2. The number of oxazole rings is 1. The number of hydrogen-bond acceptors (Lipinski definition) is 5. The molecule has 0 unspecified atom stereocenters. The molecule has 2 aromatic carbocycles. The molecule has 3 rings (SSSR count). The Labute approximate surface area is 180 Å². The number of anilines is 1. The fourth-order valence-electron chi connectivity index (χ4n) is 2.48. The molecule has 3 aromatic rings. The Bertz CT molecular complexity index is 1070. The molecule has 150 valence electrons. The summed E-state index contributed by atoms with van der Waals surface area (Å²) >= 11 is 17.9. The first-order valence-corrected chi connectivity index (χ1v) is 9.40. The summed E-state index contributed by atoms with van der Waals surface area (Å²) in [4.78, 5) is 27.5. The molecule has 7 nitrogen and oxygen atoms in total. The highest BCUT2D eigenvalue weighted by atomic mass is 35.5. The number of benzene rings is 2. The van der Waals surface area contributed by atoms with E-state index < -0.39 is 11.9 Å². The van der Waals surface area contributed by atoms with E-state index in [2.05, 4.69) is 15.6 Å². The highest BCUT2D eigenvalue weighted by Gasteiger charge is 2.14. The van der Waals surface area contributed by atoms with Crippen molar-refractivity contribution in [3.8, 4) is 11.3 Å². The van der Waals surface area contributed by atoms with Gasteiger partial charge in [0.2, 0.25) is 11.8 Å². The molecule has 0 radical (unpaired) electrons. The monoisotopic (exact) mass is 453 g/mol. The molecule has 0 aliphatic rings. The van der Waals surface area contributed by atoms with Crippen molar-refractivity contribution in [3.05, 3.63) is 69.1 Å². The first kappa shape index (κ1) is 21.1. The number of hydrogen-bond donors (Lipinski definition) is 3. The second-order valence-electron chi connectivity index (χ2n) is 5.89. The van der Waals surface area contributed by atoms with Crippen molar-refractivity contribution in [3.63, 3.8) is 0 Å². The molecule has 1 heterocycles. The van der Waals surface area contributed by atoms with Gasteiger partial charge in [-0.2, -0.15) is 0 Å². The topological polar surface area (TPSA) is 104 Å². The number of carboxylic acid groups (broad SMARTS) is 1. The Balaban J connectivity index is 1.57. The zero-order valence-corrected chi connectivity index (χ0v) is 17.0. The van der Waals surface area contributed by atoms with Crippen LogP contribution in [0, 0.1) is 0 Å². The quantitative estimate of drug-likeness (QED) is 0.477. The average Bonchev–Trinajstić information content (AvgIpc) is 3.13. The van der Waals surface area contributed by atoms with Gasteiger partial charge in [0.15, 0.2) is 5.76 Å². The number of halogens is 3. The van der Waals surface area contributed by atoms with Crippen molar-refractivity contribution in [1.29, 1.82) is 0 Å². The van der Waals surface area contributed by atoms with Gasteiger partial charge in [-0.05, 0) is 36.4 Å². The second-order valence-corrected chi connectivity index (χ2v) is 7.17. The van der Waals surface area contributed by atoms with E-state index >= 15 is 0 Å². The molecule has 0 atom stereocenters. The van der Waals surface area contributed by atoms with E-state index in [9.17, 15) is 14.7 Å². The van der Waals surface area contributed by atoms with Crippen LogP contribution in [0.4, 0.5) is 5.69 Å². The zero-order chi connectivity index (χ0) is 21.0. The lowest BCUT2D eigenvalue weighted by Crippen LogP contribution is -2.28. The number of amides is 1. The summed E-state index contributed by atoms with van der Waals surface area (Å²) in [6.07, 6.45) is 1.52. The molecule has 10 heteroatoms. The number of nitrogens with zero attached hydrogens (tertiary/aromatic N) is 1. The fourth-order valence-corrected chi connectivity index (χ4v) is 3.04. The van der Waals surface area contributed by atoms with Gasteiger partial charge < -0.3 is 14.8 Å². The van der Waals surface area contributed by atoms with Crippen LogP contribution in [0.5, 0.6) is 0 Å². The Morgan fingerprint density at radius 2 is 1.79 bits per heavy atom. The summed E-state index contributed by atoms with van der Waals surface area (Å²) in [6.45, 7) is 0.0926. The Hall–Kier alpha value is -2.58. The molecule has 0 saturated carbocycles. The van der Waals surface area contributed by atoms with Gasteiger partial charge in [-0.1, -0.05) is 34.8 Å². The van der Waals surface area contributed by atoms with Crippen molar-refractivity contribution in [2.75, 3.05) is 11.9 Å². The fraction of sp³-hybridized carbons (Fsp3) is 0.105. The summed E-state index contributed by atoms with van der Waals surface area (Å²) < 4.78 is 5.63. The highest BCUT2D eigenvalue weighted by Crippen LogP contribution is 2.31. The van der Waals surface area contributed by atoms with Crippen LogP contribution in [0.3, 0.4) is 0 Å². The molecule has 1 aromatic heterocycles. The van der Waals surface area contributed by atoms with Crippen LogP contribution in [0.15, 0.2) is 47.0 Å². The largest absolute Gasteiger partial charge is 0.478 e. The number of aromatic carboxylic acids is 1. The smallest absolute Gasteiger partial charge is 0.337 e. The van der Waals surface area contributed by atoms with Crippen LogP contribution in [0.25, 0.3) is 11.3 Å². The molecule has 0 saturated heterocycles. The first-order valence-electron chi connectivity index (χ1n) is 8.27. The van der Waals surface area contributed by atoms with E-state index in [0.717, 1.165) is 0 Å². The third-order valence-electron chi connectivity index (χ3n) is 3.80. The number of carbonyl (C=O) groups excluding carboxylic acids is 1. The maximum Gasteiger partial charge on any atom is 0.337 e. The lowest BCUT2D eigenvalue weighted by Gasteiger charge is -2.09.